The van der Waals surface area contributed by atoms with Gasteiger partial charge in [0, 0.05) is 18.3 Å². The van der Waals surface area contributed by atoms with Crippen LogP contribution in [0.15, 0.2) is 35.9 Å². The Kier molecular flexibility index (Phi) is 6.37. The van der Waals surface area contributed by atoms with E-state index in [2.05, 4.69) is 58.0 Å². The molecule has 3 fully saturated rings. The lowest BCUT2D eigenvalue weighted by atomic mass is 9.45. The average molecular weight is 479 g/mol. The van der Waals surface area contributed by atoms with Gasteiger partial charge in [0.05, 0.1) is 6.61 Å². The molecule has 192 valence electrons. The molecule has 0 amide bonds. The zero-order valence-corrected chi connectivity index (χ0v) is 22.7. The lowest BCUT2D eigenvalue weighted by molar-refractivity contribution is -0.231. The predicted molar refractivity (Wildman–Crippen MR) is 141 cm³/mol. The van der Waals surface area contributed by atoms with Crippen molar-refractivity contribution in [2.45, 2.75) is 111 Å². The second-order valence-corrected chi connectivity index (χ2v) is 12.8. The molecular formula is C32H46O3. The Labute approximate surface area is 212 Å². The Morgan fingerprint density at radius 1 is 1.00 bits per heavy atom. The first-order valence-electron chi connectivity index (χ1n) is 14.3. The number of carbonyl (C=O) groups excluding carboxylic acids is 1. The highest BCUT2D eigenvalue weighted by Gasteiger charge is 2.65. The van der Waals surface area contributed by atoms with E-state index in [4.69, 9.17) is 4.74 Å². The minimum Gasteiger partial charge on any atom is -0.365 e. The van der Waals surface area contributed by atoms with Gasteiger partial charge in [-0.25, -0.2) is 0 Å². The van der Waals surface area contributed by atoms with E-state index in [0.717, 1.165) is 37.7 Å². The molecule has 4 aliphatic rings. The van der Waals surface area contributed by atoms with Crippen LogP contribution >= 0.6 is 0 Å². The normalized spacial score (nSPS) is 42.6. The zero-order chi connectivity index (χ0) is 25.1. The summed E-state index contributed by atoms with van der Waals surface area (Å²) < 4.78 is 6.19. The summed E-state index contributed by atoms with van der Waals surface area (Å²) in [7, 11) is 0. The summed E-state index contributed by atoms with van der Waals surface area (Å²) in [6.07, 6.45) is 12.6. The second-order valence-electron chi connectivity index (χ2n) is 12.8. The maximum absolute atomic E-state index is 12.9. The molecule has 0 aromatic heterocycles. The smallest absolute Gasteiger partial charge is 0.169 e. The van der Waals surface area contributed by atoms with E-state index in [1.54, 1.807) is 0 Å². The fourth-order valence-corrected chi connectivity index (χ4v) is 9.37. The van der Waals surface area contributed by atoms with Crippen LogP contribution in [0.25, 0.3) is 0 Å². The summed E-state index contributed by atoms with van der Waals surface area (Å²) in [5.41, 5.74) is 4.04. The molecule has 0 saturated heterocycles. The van der Waals surface area contributed by atoms with Crippen molar-refractivity contribution in [1.29, 1.82) is 0 Å². The van der Waals surface area contributed by atoms with Gasteiger partial charge in [0.1, 0.15) is 5.78 Å². The third kappa shape index (κ3) is 3.79. The van der Waals surface area contributed by atoms with Crippen molar-refractivity contribution >= 4 is 5.78 Å². The average Bonchev–Trinajstić information content (AvgIpc) is 3.17. The molecule has 3 heteroatoms. The Morgan fingerprint density at radius 2 is 1.69 bits per heavy atom. The van der Waals surface area contributed by atoms with E-state index < -0.39 is 5.79 Å². The summed E-state index contributed by atoms with van der Waals surface area (Å²) in [6.45, 7) is 11.6. The molecule has 0 bridgehead atoms. The van der Waals surface area contributed by atoms with E-state index >= 15 is 0 Å². The summed E-state index contributed by atoms with van der Waals surface area (Å²) in [4.78, 5) is 12.9. The Morgan fingerprint density at radius 3 is 2.34 bits per heavy atom. The van der Waals surface area contributed by atoms with Crippen LogP contribution in [0, 0.1) is 34.0 Å². The summed E-state index contributed by atoms with van der Waals surface area (Å²) in [6, 6.07) is 8.56. The molecule has 0 aliphatic heterocycles. The second kappa shape index (κ2) is 8.84. The molecule has 1 aromatic rings. The standard InChI is InChI=1S/C32H46O3/c1-6-23-8-10-24(11-9-23)21-35-32(34)19-18-29(4)25(20-32)12-13-26-27(29)14-16-30(5)28(26)15-17-31(30,7-2)22(3)33/h8-12,26-28,34H,6-7,13-21H2,1-5H3/t26-,27+,28+,29+,30+,31-,32-/m1/s1. The SMILES string of the molecule is CCc1ccc(CO[C@]2(O)CC[C@@]3(C)C(=CC[C@@H]4[C@@H]3CC[C@@]3(C)[C@H]4CC[C@]3(CC)C(C)=O)C2)cc1. The van der Waals surface area contributed by atoms with Gasteiger partial charge < -0.3 is 9.84 Å². The molecule has 7 atom stereocenters. The van der Waals surface area contributed by atoms with E-state index in [0.29, 0.717) is 43.0 Å². The maximum Gasteiger partial charge on any atom is 0.169 e. The lowest BCUT2D eigenvalue weighted by Gasteiger charge is -2.60. The molecule has 0 heterocycles. The first-order valence-corrected chi connectivity index (χ1v) is 14.3. The molecule has 3 nitrogen and oxygen atoms in total. The number of fused-ring (bicyclic) bond motifs is 5. The molecule has 4 aliphatic carbocycles. The Hall–Kier alpha value is -1.45. The first kappa shape index (κ1) is 25.2. The van der Waals surface area contributed by atoms with Gasteiger partial charge in [0.25, 0.3) is 0 Å². The topological polar surface area (TPSA) is 46.5 Å². The molecule has 1 aromatic carbocycles. The zero-order valence-electron chi connectivity index (χ0n) is 22.7. The number of hydrogen-bond acceptors (Lipinski definition) is 3. The van der Waals surface area contributed by atoms with Crippen molar-refractivity contribution in [3.63, 3.8) is 0 Å². The van der Waals surface area contributed by atoms with Crippen LogP contribution in [0.1, 0.15) is 104 Å². The molecule has 5 rings (SSSR count). The maximum atomic E-state index is 12.9. The molecule has 0 radical (unpaired) electrons. The largest absolute Gasteiger partial charge is 0.365 e. The van der Waals surface area contributed by atoms with Crippen LogP contribution in [0.3, 0.4) is 0 Å². The fraction of sp³-hybridized carbons (Fsp3) is 0.719. The number of allylic oxidation sites excluding steroid dienone is 1. The number of hydrogen-bond donors (Lipinski definition) is 1. The van der Waals surface area contributed by atoms with Crippen molar-refractivity contribution in [2.24, 2.45) is 34.0 Å². The highest BCUT2D eigenvalue weighted by Crippen LogP contribution is 2.70. The van der Waals surface area contributed by atoms with Crippen molar-refractivity contribution in [1.82, 2.24) is 0 Å². The highest BCUT2D eigenvalue weighted by molar-refractivity contribution is 5.83. The summed E-state index contributed by atoms with van der Waals surface area (Å²) in [5, 5.41) is 11.4. The number of carbonyl (C=O) groups is 1. The van der Waals surface area contributed by atoms with Crippen LogP contribution in [0.4, 0.5) is 0 Å². The number of benzene rings is 1. The van der Waals surface area contributed by atoms with Gasteiger partial charge in [0.2, 0.25) is 0 Å². The molecular weight excluding hydrogens is 432 g/mol. The van der Waals surface area contributed by atoms with Crippen LogP contribution in [0.5, 0.6) is 0 Å². The van der Waals surface area contributed by atoms with Gasteiger partial charge in [0.15, 0.2) is 5.79 Å². The van der Waals surface area contributed by atoms with Gasteiger partial charge in [-0.1, -0.05) is 63.6 Å². The monoisotopic (exact) mass is 478 g/mol. The van der Waals surface area contributed by atoms with Gasteiger partial charge in [-0.3, -0.25) is 4.79 Å². The third-order valence-corrected chi connectivity index (χ3v) is 11.7. The predicted octanol–water partition coefficient (Wildman–Crippen LogP) is 7.40. The summed E-state index contributed by atoms with van der Waals surface area (Å²) in [5.74, 6) is 1.32. The van der Waals surface area contributed by atoms with Gasteiger partial charge in [-0.05, 0) is 98.0 Å². The van der Waals surface area contributed by atoms with Crippen molar-refractivity contribution < 1.29 is 14.6 Å². The quantitative estimate of drug-likeness (QED) is 0.342. The van der Waals surface area contributed by atoms with Crippen LogP contribution in [-0.2, 0) is 22.6 Å². The third-order valence-electron chi connectivity index (χ3n) is 11.7. The minimum absolute atomic E-state index is 0.122. The van der Waals surface area contributed by atoms with Gasteiger partial charge in [-0.2, -0.15) is 0 Å². The molecule has 35 heavy (non-hydrogen) atoms. The number of rotatable bonds is 6. The minimum atomic E-state index is -1.07. The van der Waals surface area contributed by atoms with Crippen LogP contribution in [-0.4, -0.2) is 16.7 Å². The van der Waals surface area contributed by atoms with Crippen molar-refractivity contribution in [3.8, 4) is 0 Å². The molecule has 1 N–H and O–H groups in total. The van der Waals surface area contributed by atoms with E-state index in [-0.39, 0.29) is 16.2 Å². The lowest BCUT2D eigenvalue weighted by Crippen LogP contribution is -2.55. The van der Waals surface area contributed by atoms with E-state index in [1.165, 1.54) is 30.4 Å². The Balaban J connectivity index is 1.33. The van der Waals surface area contributed by atoms with E-state index in [1.807, 2.05) is 6.92 Å². The van der Waals surface area contributed by atoms with Crippen molar-refractivity contribution in [2.75, 3.05) is 0 Å². The number of aryl methyl sites for hydroxylation is 1. The highest BCUT2D eigenvalue weighted by atomic mass is 16.6. The number of Topliss-reactive ketones (excluding diaryl/α,β-unsaturated/α-hetero) is 1. The van der Waals surface area contributed by atoms with Gasteiger partial charge in [-0.15, -0.1) is 0 Å². The fourth-order valence-electron chi connectivity index (χ4n) is 9.37. The Bertz CT molecular complexity index is 995. The summed E-state index contributed by atoms with van der Waals surface area (Å²) >= 11 is 0. The van der Waals surface area contributed by atoms with Crippen molar-refractivity contribution in [3.05, 3.63) is 47.0 Å². The number of ether oxygens (including phenoxy) is 1. The number of ketones is 1. The molecule has 0 spiro atoms. The molecule has 3 saturated carbocycles. The number of aliphatic hydroxyl groups is 1. The molecule has 0 unspecified atom stereocenters. The van der Waals surface area contributed by atoms with Crippen LogP contribution in [0.2, 0.25) is 0 Å². The van der Waals surface area contributed by atoms with Gasteiger partial charge >= 0.3 is 0 Å². The van der Waals surface area contributed by atoms with E-state index in [9.17, 15) is 9.90 Å². The first-order chi connectivity index (χ1) is 16.6. The van der Waals surface area contributed by atoms with Crippen LogP contribution < -0.4 is 0 Å².